The number of nitrogens with zero attached hydrogens (tertiary/aromatic N) is 2. The molecule has 1 aliphatic rings. The van der Waals surface area contributed by atoms with Gasteiger partial charge in [0, 0.05) is 32.3 Å². The molecule has 1 fully saturated rings. The van der Waals surface area contributed by atoms with Gasteiger partial charge in [0.25, 0.3) is 0 Å². The molecule has 1 aromatic heterocycles. The van der Waals surface area contributed by atoms with E-state index in [-0.39, 0.29) is 11.9 Å². The van der Waals surface area contributed by atoms with Gasteiger partial charge >= 0.3 is 0 Å². The summed E-state index contributed by atoms with van der Waals surface area (Å²) in [5.41, 5.74) is 3.41. The van der Waals surface area contributed by atoms with E-state index in [0.29, 0.717) is 13.0 Å². The summed E-state index contributed by atoms with van der Waals surface area (Å²) in [5.74, 6) is 0.00970. The molecular weight excluding hydrogens is 326 g/mol. The minimum atomic E-state index is -0.546. The first-order valence-electron chi connectivity index (χ1n) is 9.26. The highest BCUT2D eigenvalue weighted by Crippen LogP contribution is 2.15. The van der Waals surface area contributed by atoms with Gasteiger partial charge in [-0.05, 0) is 43.0 Å². The molecule has 5 nitrogen and oxygen atoms in total. The summed E-state index contributed by atoms with van der Waals surface area (Å²) in [6.45, 7) is 4.19. The minimum absolute atomic E-state index is 0.00970. The zero-order valence-electron chi connectivity index (χ0n) is 15.3. The molecule has 2 atom stereocenters. The molecule has 2 N–H and O–H groups in total. The van der Waals surface area contributed by atoms with E-state index in [2.05, 4.69) is 34.3 Å². The van der Waals surface area contributed by atoms with Crippen LogP contribution in [-0.4, -0.2) is 46.1 Å². The van der Waals surface area contributed by atoms with E-state index >= 15 is 0 Å². The van der Waals surface area contributed by atoms with Gasteiger partial charge in [-0.2, -0.15) is 0 Å². The molecule has 0 spiro atoms. The van der Waals surface area contributed by atoms with Crippen LogP contribution in [0.25, 0.3) is 0 Å². The maximum absolute atomic E-state index is 12.3. The summed E-state index contributed by atoms with van der Waals surface area (Å²) in [7, 11) is 0. The van der Waals surface area contributed by atoms with E-state index in [9.17, 15) is 9.90 Å². The van der Waals surface area contributed by atoms with Crippen LogP contribution >= 0.6 is 0 Å². The Balaban J connectivity index is 1.44. The van der Waals surface area contributed by atoms with Gasteiger partial charge in [-0.3, -0.25) is 14.7 Å². The lowest BCUT2D eigenvalue weighted by molar-refractivity contribution is -0.123. The van der Waals surface area contributed by atoms with E-state index in [1.54, 1.807) is 6.20 Å². The smallest absolute Gasteiger partial charge is 0.220 e. The highest BCUT2D eigenvalue weighted by molar-refractivity contribution is 5.76. The Morgan fingerprint density at radius 2 is 2.08 bits per heavy atom. The Morgan fingerprint density at radius 3 is 2.81 bits per heavy atom. The van der Waals surface area contributed by atoms with Crippen LogP contribution in [0.15, 0.2) is 48.7 Å². The number of hydrogen-bond donors (Lipinski definition) is 2. The molecule has 1 aliphatic heterocycles. The minimum Gasteiger partial charge on any atom is -0.390 e. The van der Waals surface area contributed by atoms with Crippen molar-refractivity contribution in [2.75, 3.05) is 13.1 Å². The number of nitrogens with one attached hydrogen (secondary N) is 1. The fourth-order valence-corrected chi connectivity index (χ4v) is 3.45. The normalized spacial score (nSPS) is 20.7. The number of β-amino-alcohol motifs (C(OH)–C–C–N with tert-alkyl or cyclic N) is 1. The summed E-state index contributed by atoms with van der Waals surface area (Å²) in [5, 5.41) is 13.4. The number of carbonyl (C=O) groups excluding carboxylic acids is 1. The van der Waals surface area contributed by atoms with Crippen LogP contribution in [0.3, 0.4) is 0 Å². The molecule has 138 valence electrons. The number of carbonyl (C=O) groups is 1. The molecular formula is C21H27N3O2. The van der Waals surface area contributed by atoms with Gasteiger partial charge in [0.05, 0.1) is 17.8 Å². The highest BCUT2D eigenvalue weighted by Gasteiger charge is 2.28. The molecule has 0 unspecified atom stereocenters. The van der Waals surface area contributed by atoms with Gasteiger partial charge in [-0.1, -0.05) is 30.3 Å². The second kappa shape index (κ2) is 8.92. The van der Waals surface area contributed by atoms with Gasteiger partial charge < -0.3 is 10.4 Å². The monoisotopic (exact) mass is 353 g/mol. The van der Waals surface area contributed by atoms with Gasteiger partial charge in [0.1, 0.15) is 0 Å². The number of pyridine rings is 1. The van der Waals surface area contributed by atoms with Crippen molar-refractivity contribution in [3.8, 4) is 0 Å². The summed E-state index contributed by atoms with van der Waals surface area (Å²) < 4.78 is 0. The third-order valence-corrected chi connectivity index (χ3v) is 5.01. The molecule has 0 bridgehead atoms. The SMILES string of the molecule is Cc1ccccc1CCC(=O)N[C@@H]1CCN(Cc2ccccn2)C[C@H]1O. The molecule has 0 saturated carbocycles. The van der Waals surface area contributed by atoms with Crippen LogP contribution in [0.4, 0.5) is 0 Å². The fourth-order valence-electron chi connectivity index (χ4n) is 3.45. The van der Waals surface area contributed by atoms with Crippen molar-refractivity contribution in [3.05, 3.63) is 65.5 Å². The number of hydrogen-bond acceptors (Lipinski definition) is 4. The quantitative estimate of drug-likeness (QED) is 0.834. The van der Waals surface area contributed by atoms with Crippen molar-refractivity contribution in [1.82, 2.24) is 15.2 Å². The van der Waals surface area contributed by atoms with Crippen LogP contribution in [0.2, 0.25) is 0 Å². The molecule has 3 rings (SSSR count). The van der Waals surface area contributed by atoms with Crippen LogP contribution in [-0.2, 0) is 17.8 Å². The molecule has 0 aliphatic carbocycles. The average molecular weight is 353 g/mol. The van der Waals surface area contributed by atoms with Gasteiger partial charge in [0.15, 0.2) is 0 Å². The number of aliphatic hydroxyl groups excluding tert-OH is 1. The highest BCUT2D eigenvalue weighted by atomic mass is 16.3. The van der Waals surface area contributed by atoms with Crippen molar-refractivity contribution >= 4 is 5.91 Å². The molecule has 1 saturated heterocycles. The molecule has 2 heterocycles. The molecule has 1 amide bonds. The standard InChI is InChI=1S/C21H27N3O2/c1-16-6-2-3-7-17(16)9-10-21(26)23-19-11-13-24(15-20(19)25)14-18-8-4-5-12-22-18/h2-8,12,19-20,25H,9-11,13-15H2,1H3,(H,23,26)/t19-,20-/m1/s1. The lowest BCUT2D eigenvalue weighted by Gasteiger charge is -2.36. The summed E-state index contributed by atoms with van der Waals surface area (Å²) in [6.07, 6.45) is 3.17. The van der Waals surface area contributed by atoms with Crippen LogP contribution in [0.5, 0.6) is 0 Å². The summed E-state index contributed by atoms with van der Waals surface area (Å²) >= 11 is 0. The van der Waals surface area contributed by atoms with Crippen LogP contribution < -0.4 is 5.32 Å². The van der Waals surface area contributed by atoms with E-state index in [1.807, 2.05) is 30.3 Å². The van der Waals surface area contributed by atoms with E-state index < -0.39 is 6.10 Å². The van der Waals surface area contributed by atoms with Crippen LogP contribution in [0, 0.1) is 6.92 Å². The van der Waals surface area contributed by atoms with Gasteiger partial charge in [-0.15, -0.1) is 0 Å². The topological polar surface area (TPSA) is 65.5 Å². The lowest BCUT2D eigenvalue weighted by Crippen LogP contribution is -2.53. The molecule has 5 heteroatoms. The average Bonchev–Trinajstić information content (AvgIpc) is 2.64. The number of amides is 1. The predicted molar refractivity (Wildman–Crippen MR) is 102 cm³/mol. The number of piperidine rings is 1. The first-order valence-corrected chi connectivity index (χ1v) is 9.26. The number of aliphatic hydroxyl groups is 1. The number of likely N-dealkylation sites (tertiary alicyclic amines) is 1. The number of rotatable bonds is 6. The molecule has 2 aromatic rings. The van der Waals surface area contributed by atoms with Gasteiger partial charge in [-0.25, -0.2) is 0 Å². The van der Waals surface area contributed by atoms with Crippen molar-refractivity contribution in [1.29, 1.82) is 0 Å². The second-order valence-electron chi connectivity index (χ2n) is 7.01. The van der Waals surface area contributed by atoms with Crippen LogP contribution in [0.1, 0.15) is 29.7 Å². The van der Waals surface area contributed by atoms with E-state index in [1.165, 1.54) is 11.1 Å². The third kappa shape index (κ3) is 5.13. The largest absolute Gasteiger partial charge is 0.390 e. The van der Waals surface area contributed by atoms with Crippen molar-refractivity contribution in [2.24, 2.45) is 0 Å². The number of aromatic nitrogens is 1. The molecule has 26 heavy (non-hydrogen) atoms. The Morgan fingerprint density at radius 1 is 1.27 bits per heavy atom. The first kappa shape index (κ1) is 18.5. The molecule has 1 aromatic carbocycles. The summed E-state index contributed by atoms with van der Waals surface area (Å²) in [4.78, 5) is 18.8. The Labute approximate surface area is 155 Å². The Bertz CT molecular complexity index is 720. The lowest BCUT2D eigenvalue weighted by atomic mass is 10.0. The maximum atomic E-state index is 12.3. The first-order chi connectivity index (χ1) is 12.6. The van der Waals surface area contributed by atoms with Crippen molar-refractivity contribution in [2.45, 2.75) is 44.9 Å². The maximum Gasteiger partial charge on any atom is 0.220 e. The zero-order chi connectivity index (χ0) is 18.4. The zero-order valence-corrected chi connectivity index (χ0v) is 15.3. The van der Waals surface area contributed by atoms with Crippen molar-refractivity contribution < 1.29 is 9.90 Å². The second-order valence-corrected chi connectivity index (χ2v) is 7.01. The molecule has 0 radical (unpaired) electrons. The Kier molecular flexibility index (Phi) is 6.36. The fraction of sp³-hybridized carbons (Fsp3) is 0.429. The van der Waals surface area contributed by atoms with Crippen molar-refractivity contribution in [3.63, 3.8) is 0 Å². The number of aryl methyl sites for hydroxylation is 2. The Hall–Kier alpha value is -2.24. The van der Waals surface area contributed by atoms with E-state index in [0.717, 1.165) is 31.6 Å². The van der Waals surface area contributed by atoms with Gasteiger partial charge in [0.2, 0.25) is 5.91 Å². The summed E-state index contributed by atoms with van der Waals surface area (Å²) in [6, 6.07) is 13.8. The van der Waals surface area contributed by atoms with E-state index in [4.69, 9.17) is 0 Å². The third-order valence-electron chi connectivity index (χ3n) is 5.01. The predicted octanol–water partition coefficient (Wildman–Crippen LogP) is 2.07. The number of benzene rings is 1.